The van der Waals surface area contributed by atoms with E-state index in [2.05, 4.69) is 0 Å². The predicted molar refractivity (Wildman–Crippen MR) is 57.2 cm³/mol. The lowest BCUT2D eigenvalue weighted by molar-refractivity contribution is -0.138. The molecule has 0 bridgehead atoms. The third-order valence-electron chi connectivity index (χ3n) is 1.81. The topological polar surface area (TPSA) is 72.5 Å². The van der Waals surface area contributed by atoms with Gasteiger partial charge >= 0.3 is 5.97 Å². The van der Waals surface area contributed by atoms with E-state index < -0.39 is 12.0 Å². The van der Waals surface area contributed by atoms with E-state index in [1.54, 1.807) is 24.3 Å². The van der Waals surface area contributed by atoms with Crippen molar-refractivity contribution in [3.8, 4) is 5.75 Å². The quantitative estimate of drug-likeness (QED) is 0.803. The molecule has 0 aliphatic rings. The molecule has 1 rings (SSSR count). The number of benzene rings is 1. The number of hydrogen-bond donors (Lipinski definition) is 2. The van der Waals surface area contributed by atoms with Gasteiger partial charge < -0.3 is 15.6 Å². The fourth-order valence-corrected chi connectivity index (χ4v) is 1.16. The van der Waals surface area contributed by atoms with Crippen LogP contribution in [-0.2, 0) is 4.79 Å². The lowest BCUT2D eigenvalue weighted by atomic mass is 10.2. The maximum absolute atomic E-state index is 10.4. The Morgan fingerprint density at radius 3 is 2.93 bits per heavy atom. The molecule has 4 nitrogen and oxygen atoms in total. The molecule has 3 N–H and O–H groups in total. The Morgan fingerprint density at radius 2 is 2.33 bits per heavy atom. The lowest BCUT2D eigenvalue weighted by Gasteiger charge is -2.08. The van der Waals surface area contributed by atoms with Gasteiger partial charge in [-0.3, -0.25) is 4.79 Å². The van der Waals surface area contributed by atoms with Gasteiger partial charge in [-0.25, -0.2) is 0 Å². The van der Waals surface area contributed by atoms with Crippen molar-refractivity contribution in [3.05, 3.63) is 29.3 Å². The highest BCUT2D eigenvalue weighted by atomic mass is 35.5. The number of carbonyl (C=O) groups is 1. The minimum Gasteiger partial charge on any atom is -0.493 e. The summed E-state index contributed by atoms with van der Waals surface area (Å²) in [6.45, 7) is 0.258. The first-order chi connectivity index (χ1) is 7.09. The van der Waals surface area contributed by atoms with Crippen LogP contribution in [0.1, 0.15) is 6.42 Å². The molecule has 5 heteroatoms. The molecule has 0 fully saturated rings. The van der Waals surface area contributed by atoms with Crippen molar-refractivity contribution in [1.82, 2.24) is 0 Å². The Kier molecular flexibility index (Phi) is 4.39. The Hall–Kier alpha value is -1.26. The van der Waals surface area contributed by atoms with Gasteiger partial charge in [0.05, 0.1) is 6.61 Å². The Labute approximate surface area is 92.6 Å². The number of carboxylic acid groups (broad SMARTS) is 1. The number of ether oxygens (including phenoxy) is 1. The van der Waals surface area contributed by atoms with Gasteiger partial charge in [-0.2, -0.15) is 0 Å². The van der Waals surface area contributed by atoms with Crippen LogP contribution in [0.5, 0.6) is 5.75 Å². The van der Waals surface area contributed by atoms with Crippen LogP contribution in [0.15, 0.2) is 24.3 Å². The molecule has 0 spiro atoms. The zero-order valence-corrected chi connectivity index (χ0v) is 8.78. The molecule has 82 valence electrons. The van der Waals surface area contributed by atoms with Gasteiger partial charge in [0.2, 0.25) is 0 Å². The Balaban J connectivity index is 2.35. The van der Waals surface area contributed by atoms with E-state index in [0.29, 0.717) is 10.8 Å². The van der Waals surface area contributed by atoms with E-state index in [0.717, 1.165) is 0 Å². The molecular formula is C10H12ClNO3. The first-order valence-corrected chi connectivity index (χ1v) is 4.84. The second kappa shape index (κ2) is 5.58. The van der Waals surface area contributed by atoms with E-state index in [1.807, 2.05) is 0 Å². The van der Waals surface area contributed by atoms with Crippen LogP contribution in [0.3, 0.4) is 0 Å². The van der Waals surface area contributed by atoms with Gasteiger partial charge in [-0.1, -0.05) is 17.7 Å². The average molecular weight is 230 g/mol. The largest absolute Gasteiger partial charge is 0.493 e. The van der Waals surface area contributed by atoms with Crippen molar-refractivity contribution in [2.24, 2.45) is 5.73 Å². The van der Waals surface area contributed by atoms with Gasteiger partial charge in [-0.05, 0) is 18.2 Å². The zero-order chi connectivity index (χ0) is 11.3. The predicted octanol–water partition coefficient (Wildman–Crippen LogP) is 1.52. The molecular weight excluding hydrogens is 218 g/mol. The van der Waals surface area contributed by atoms with E-state index in [9.17, 15) is 4.79 Å². The number of aliphatic carboxylic acids is 1. The van der Waals surface area contributed by atoms with Gasteiger partial charge in [-0.15, -0.1) is 0 Å². The van der Waals surface area contributed by atoms with E-state index in [-0.39, 0.29) is 13.0 Å². The van der Waals surface area contributed by atoms with Crippen molar-refractivity contribution in [3.63, 3.8) is 0 Å². The number of carboxylic acids is 1. The summed E-state index contributed by atoms with van der Waals surface area (Å²) in [6.07, 6.45) is 0.266. The Bertz CT molecular complexity index is 343. The van der Waals surface area contributed by atoms with Crippen molar-refractivity contribution in [1.29, 1.82) is 0 Å². The van der Waals surface area contributed by atoms with Crippen molar-refractivity contribution in [2.75, 3.05) is 6.61 Å². The molecule has 0 heterocycles. The highest BCUT2D eigenvalue weighted by molar-refractivity contribution is 6.30. The highest BCUT2D eigenvalue weighted by Crippen LogP contribution is 2.17. The molecule has 0 amide bonds. The summed E-state index contributed by atoms with van der Waals surface area (Å²) in [5.41, 5.74) is 5.30. The van der Waals surface area contributed by atoms with Gasteiger partial charge in [0.1, 0.15) is 11.8 Å². The smallest absolute Gasteiger partial charge is 0.320 e. The first-order valence-electron chi connectivity index (χ1n) is 4.46. The summed E-state index contributed by atoms with van der Waals surface area (Å²) in [6, 6.07) is 6.02. The van der Waals surface area contributed by atoms with Crippen LogP contribution in [0.2, 0.25) is 5.02 Å². The van der Waals surface area contributed by atoms with Crippen LogP contribution in [0.4, 0.5) is 0 Å². The SMILES string of the molecule is N[C@@H](CCOc1cccc(Cl)c1)C(=O)O. The van der Waals surface area contributed by atoms with Crippen LogP contribution in [0, 0.1) is 0 Å². The molecule has 1 atom stereocenters. The summed E-state index contributed by atoms with van der Waals surface area (Å²) >= 11 is 5.74. The number of rotatable bonds is 5. The van der Waals surface area contributed by atoms with Crippen LogP contribution < -0.4 is 10.5 Å². The average Bonchev–Trinajstić information content (AvgIpc) is 2.17. The normalized spacial score (nSPS) is 12.1. The maximum atomic E-state index is 10.4. The lowest BCUT2D eigenvalue weighted by Crippen LogP contribution is -2.31. The standard InChI is InChI=1S/C10H12ClNO3/c11-7-2-1-3-8(6-7)15-5-4-9(12)10(13)14/h1-3,6,9H,4-5,12H2,(H,13,14)/t9-/m0/s1. The number of halogens is 1. The second-order valence-corrected chi connectivity index (χ2v) is 3.48. The number of hydrogen-bond acceptors (Lipinski definition) is 3. The molecule has 1 aromatic carbocycles. The molecule has 0 aliphatic heterocycles. The summed E-state index contributed by atoms with van der Waals surface area (Å²) in [5, 5.41) is 9.10. The van der Waals surface area contributed by atoms with Crippen molar-refractivity contribution >= 4 is 17.6 Å². The fourth-order valence-electron chi connectivity index (χ4n) is 0.984. The van der Waals surface area contributed by atoms with Crippen molar-refractivity contribution < 1.29 is 14.6 Å². The van der Waals surface area contributed by atoms with Gasteiger partial charge in [0.15, 0.2) is 0 Å². The zero-order valence-electron chi connectivity index (χ0n) is 8.02. The van der Waals surface area contributed by atoms with Crippen LogP contribution in [-0.4, -0.2) is 23.7 Å². The third-order valence-corrected chi connectivity index (χ3v) is 2.05. The summed E-state index contributed by atoms with van der Waals surface area (Å²) in [4.78, 5) is 10.4. The third kappa shape index (κ3) is 4.18. The highest BCUT2D eigenvalue weighted by Gasteiger charge is 2.10. The summed E-state index contributed by atoms with van der Waals surface area (Å²) < 4.78 is 5.28. The minimum absolute atomic E-state index is 0.258. The molecule has 0 aromatic heterocycles. The molecule has 0 saturated carbocycles. The Morgan fingerprint density at radius 1 is 1.60 bits per heavy atom. The minimum atomic E-state index is -1.02. The van der Waals surface area contributed by atoms with E-state index >= 15 is 0 Å². The fraction of sp³-hybridized carbons (Fsp3) is 0.300. The van der Waals surface area contributed by atoms with Crippen LogP contribution in [0.25, 0.3) is 0 Å². The van der Waals surface area contributed by atoms with Gasteiger partial charge in [0, 0.05) is 11.4 Å². The first kappa shape index (κ1) is 11.8. The summed E-state index contributed by atoms with van der Waals surface area (Å²) in [5.74, 6) is -0.412. The molecule has 0 saturated heterocycles. The molecule has 0 radical (unpaired) electrons. The monoisotopic (exact) mass is 229 g/mol. The van der Waals surface area contributed by atoms with Gasteiger partial charge in [0.25, 0.3) is 0 Å². The maximum Gasteiger partial charge on any atom is 0.320 e. The van der Waals surface area contributed by atoms with E-state index in [4.69, 9.17) is 27.2 Å². The van der Waals surface area contributed by atoms with Crippen molar-refractivity contribution in [2.45, 2.75) is 12.5 Å². The molecule has 0 unspecified atom stereocenters. The second-order valence-electron chi connectivity index (χ2n) is 3.04. The number of nitrogens with two attached hydrogens (primary N) is 1. The molecule has 0 aliphatic carbocycles. The van der Waals surface area contributed by atoms with E-state index in [1.165, 1.54) is 0 Å². The summed E-state index contributed by atoms with van der Waals surface area (Å²) in [7, 11) is 0. The van der Waals surface area contributed by atoms with Crippen LogP contribution >= 0.6 is 11.6 Å². The molecule has 15 heavy (non-hydrogen) atoms. The molecule has 1 aromatic rings.